The molecule has 0 saturated heterocycles. The quantitative estimate of drug-likeness (QED) is 0.534. The molecule has 0 aliphatic rings. The Kier molecular flexibility index (Phi) is 5.16. The van der Waals surface area contributed by atoms with Gasteiger partial charge in [-0.05, 0) is 36.2 Å². The van der Waals surface area contributed by atoms with Crippen molar-refractivity contribution in [3.05, 3.63) is 81.9 Å². The van der Waals surface area contributed by atoms with Gasteiger partial charge in [0.2, 0.25) is 0 Å². The second-order valence-corrected chi connectivity index (χ2v) is 5.92. The Hall–Kier alpha value is -3.68. The number of carbonyl (C=O) groups is 1. The highest BCUT2D eigenvalue weighted by atomic mass is 16.6. The van der Waals surface area contributed by atoms with E-state index in [1.54, 1.807) is 19.4 Å². The molecule has 8 heteroatoms. The zero-order valence-corrected chi connectivity index (χ0v) is 14.9. The Bertz CT molecular complexity index is 983. The molecule has 138 valence electrons. The van der Waals surface area contributed by atoms with Gasteiger partial charge in [0.25, 0.3) is 11.6 Å². The Balaban J connectivity index is 1.79. The molecule has 0 unspecified atom stereocenters. The fourth-order valence-electron chi connectivity index (χ4n) is 2.69. The Morgan fingerprint density at radius 1 is 1.30 bits per heavy atom. The van der Waals surface area contributed by atoms with E-state index < -0.39 is 10.8 Å². The summed E-state index contributed by atoms with van der Waals surface area (Å²) in [6, 6.07) is 9.99. The highest BCUT2D eigenvalue weighted by molar-refractivity contribution is 5.95. The second kappa shape index (κ2) is 7.69. The summed E-state index contributed by atoms with van der Waals surface area (Å²) in [5.41, 5.74) is 2.26. The lowest BCUT2D eigenvalue weighted by molar-refractivity contribution is -0.384. The van der Waals surface area contributed by atoms with E-state index in [4.69, 9.17) is 4.74 Å². The van der Waals surface area contributed by atoms with Gasteiger partial charge < -0.3 is 14.6 Å². The van der Waals surface area contributed by atoms with Crippen LogP contribution in [0, 0.1) is 17.0 Å². The third-order valence-corrected chi connectivity index (χ3v) is 4.14. The van der Waals surface area contributed by atoms with E-state index in [9.17, 15) is 14.9 Å². The van der Waals surface area contributed by atoms with Crippen molar-refractivity contribution in [2.24, 2.45) is 0 Å². The number of ether oxygens (including phenoxy) is 1. The summed E-state index contributed by atoms with van der Waals surface area (Å²) < 4.78 is 6.80. The largest absolute Gasteiger partial charge is 0.496 e. The van der Waals surface area contributed by atoms with Crippen molar-refractivity contribution in [3.8, 4) is 11.4 Å². The minimum absolute atomic E-state index is 0.169. The van der Waals surface area contributed by atoms with Crippen LogP contribution in [0.1, 0.15) is 21.5 Å². The fourth-order valence-corrected chi connectivity index (χ4v) is 2.69. The zero-order valence-electron chi connectivity index (χ0n) is 14.9. The van der Waals surface area contributed by atoms with Gasteiger partial charge in [-0.1, -0.05) is 12.1 Å². The number of carbonyl (C=O) groups excluding carboxylic acids is 1. The van der Waals surface area contributed by atoms with Crippen LogP contribution >= 0.6 is 0 Å². The first-order valence-electron chi connectivity index (χ1n) is 8.18. The molecule has 1 amide bonds. The lowest BCUT2D eigenvalue weighted by Gasteiger charge is -2.10. The van der Waals surface area contributed by atoms with Crippen LogP contribution in [0.3, 0.4) is 0 Å². The molecule has 1 N–H and O–H groups in total. The molecule has 0 fully saturated rings. The highest BCUT2D eigenvalue weighted by Gasteiger charge is 2.18. The maximum atomic E-state index is 12.4. The Labute approximate surface area is 155 Å². The molecule has 1 aromatic heterocycles. The molecule has 3 rings (SSSR count). The molecule has 0 bridgehead atoms. The summed E-state index contributed by atoms with van der Waals surface area (Å²) in [5.74, 6) is 0.344. The molecule has 27 heavy (non-hydrogen) atoms. The molecule has 3 aromatic rings. The van der Waals surface area contributed by atoms with Crippen molar-refractivity contribution in [3.63, 3.8) is 0 Å². The lowest BCUT2D eigenvalue weighted by Crippen LogP contribution is -2.23. The van der Waals surface area contributed by atoms with Crippen LogP contribution < -0.4 is 10.1 Å². The number of benzene rings is 2. The van der Waals surface area contributed by atoms with Gasteiger partial charge in [-0.2, -0.15) is 0 Å². The Morgan fingerprint density at radius 2 is 2.11 bits per heavy atom. The molecule has 0 spiro atoms. The van der Waals surface area contributed by atoms with Crippen molar-refractivity contribution < 1.29 is 14.5 Å². The van der Waals surface area contributed by atoms with E-state index >= 15 is 0 Å². The van der Waals surface area contributed by atoms with E-state index in [1.807, 2.05) is 25.1 Å². The number of aromatic nitrogens is 2. The maximum absolute atomic E-state index is 12.4. The van der Waals surface area contributed by atoms with Crippen LogP contribution in [0.2, 0.25) is 0 Å². The summed E-state index contributed by atoms with van der Waals surface area (Å²) in [6.07, 6.45) is 4.60. The SMILES string of the molecule is COc1cc(CNC(=O)c2ccc(-n3ccnc3)c([N+](=O)[O-])c2)ccc1C. The standard InChI is InChI=1S/C19H18N4O4/c1-13-3-4-14(9-18(13)27-2)11-21-19(24)15-5-6-16(17(10-15)23(25)26)22-8-7-20-12-22/h3-10,12H,11H2,1-2H3,(H,21,24). The van der Waals surface area contributed by atoms with Crippen LogP contribution in [0.4, 0.5) is 5.69 Å². The third-order valence-electron chi connectivity index (χ3n) is 4.14. The van der Waals surface area contributed by atoms with Crippen LogP contribution in [-0.2, 0) is 6.54 Å². The summed E-state index contributed by atoms with van der Waals surface area (Å²) in [6.45, 7) is 2.22. The van der Waals surface area contributed by atoms with E-state index in [-0.39, 0.29) is 17.8 Å². The second-order valence-electron chi connectivity index (χ2n) is 5.92. The lowest BCUT2D eigenvalue weighted by atomic mass is 10.1. The number of nitro groups is 1. The first-order valence-corrected chi connectivity index (χ1v) is 8.18. The van der Waals surface area contributed by atoms with Crippen molar-refractivity contribution >= 4 is 11.6 Å². The first-order chi connectivity index (χ1) is 13.0. The number of amides is 1. The van der Waals surface area contributed by atoms with Gasteiger partial charge in [-0.25, -0.2) is 4.98 Å². The van der Waals surface area contributed by atoms with Crippen molar-refractivity contribution in [2.45, 2.75) is 13.5 Å². The summed E-state index contributed by atoms with van der Waals surface area (Å²) in [4.78, 5) is 27.2. The number of imidazole rings is 1. The van der Waals surface area contributed by atoms with Crippen LogP contribution in [0.25, 0.3) is 5.69 Å². The van der Waals surface area contributed by atoms with E-state index in [1.165, 1.54) is 29.2 Å². The molecule has 8 nitrogen and oxygen atoms in total. The summed E-state index contributed by atoms with van der Waals surface area (Å²) in [5, 5.41) is 14.2. The zero-order chi connectivity index (χ0) is 19.4. The van der Waals surface area contributed by atoms with Crippen LogP contribution in [0.15, 0.2) is 55.1 Å². The van der Waals surface area contributed by atoms with E-state index in [0.29, 0.717) is 5.69 Å². The van der Waals surface area contributed by atoms with Gasteiger partial charge in [0, 0.05) is 30.6 Å². The predicted octanol–water partition coefficient (Wildman–Crippen LogP) is 3.03. The van der Waals surface area contributed by atoms with E-state index in [2.05, 4.69) is 10.3 Å². The van der Waals surface area contributed by atoms with Gasteiger partial charge in [0.1, 0.15) is 11.4 Å². The van der Waals surface area contributed by atoms with Gasteiger partial charge in [0.05, 0.1) is 18.4 Å². The van der Waals surface area contributed by atoms with Gasteiger partial charge in [-0.3, -0.25) is 14.9 Å². The molecule has 1 heterocycles. The smallest absolute Gasteiger partial charge is 0.294 e. The summed E-state index contributed by atoms with van der Waals surface area (Å²) in [7, 11) is 1.59. The van der Waals surface area contributed by atoms with Crippen LogP contribution in [-0.4, -0.2) is 27.5 Å². The number of nitrogens with zero attached hydrogens (tertiary/aromatic N) is 3. The van der Waals surface area contributed by atoms with Crippen molar-refractivity contribution in [2.75, 3.05) is 7.11 Å². The number of nitro benzene ring substituents is 1. The third kappa shape index (κ3) is 3.95. The number of rotatable bonds is 6. The minimum atomic E-state index is -0.517. The number of hydrogen-bond acceptors (Lipinski definition) is 5. The van der Waals surface area contributed by atoms with Crippen molar-refractivity contribution in [1.82, 2.24) is 14.9 Å². The van der Waals surface area contributed by atoms with Gasteiger partial charge in [-0.15, -0.1) is 0 Å². The molecule has 2 aromatic carbocycles. The minimum Gasteiger partial charge on any atom is -0.496 e. The van der Waals surface area contributed by atoms with Gasteiger partial charge >= 0.3 is 0 Å². The Morgan fingerprint density at radius 3 is 2.78 bits per heavy atom. The number of methoxy groups -OCH3 is 1. The first kappa shape index (κ1) is 18.1. The summed E-state index contributed by atoms with van der Waals surface area (Å²) >= 11 is 0. The van der Waals surface area contributed by atoms with Gasteiger partial charge in [0.15, 0.2) is 0 Å². The predicted molar refractivity (Wildman–Crippen MR) is 99.1 cm³/mol. The maximum Gasteiger partial charge on any atom is 0.294 e. The molecule has 0 saturated carbocycles. The van der Waals surface area contributed by atoms with Crippen molar-refractivity contribution in [1.29, 1.82) is 0 Å². The number of aryl methyl sites for hydroxylation is 1. The molecular formula is C19H18N4O4. The topological polar surface area (TPSA) is 99.3 Å². The average molecular weight is 366 g/mol. The molecule has 0 aliphatic heterocycles. The normalized spacial score (nSPS) is 10.4. The highest BCUT2D eigenvalue weighted by Crippen LogP contribution is 2.24. The monoisotopic (exact) mass is 366 g/mol. The van der Waals surface area contributed by atoms with E-state index in [0.717, 1.165) is 16.9 Å². The number of nitrogens with one attached hydrogen (secondary N) is 1. The average Bonchev–Trinajstić information content (AvgIpc) is 3.21. The number of hydrogen-bond donors (Lipinski definition) is 1. The van der Waals surface area contributed by atoms with Crippen LogP contribution in [0.5, 0.6) is 5.75 Å². The fraction of sp³-hybridized carbons (Fsp3) is 0.158. The molecule has 0 atom stereocenters. The molecule has 0 radical (unpaired) electrons. The molecule has 0 aliphatic carbocycles. The molecular weight excluding hydrogens is 348 g/mol.